The largest absolute Gasteiger partial charge is 0.345 e. The maximum absolute atomic E-state index is 5.36. The van der Waals surface area contributed by atoms with Crippen molar-refractivity contribution in [1.29, 1.82) is 0 Å². The Labute approximate surface area is 133 Å². The Morgan fingerprint density at radius 3 is 3.05 bits per heavy atom. The molecule has 3 rings (SSSR count). The molecule has 0 atom stereocenters. The van der Waals surface area contributed by atoms with E-state index >= 15 is 0 Å². The van der Waals surface area contributed by atoms with E-state index in [9.17, 15) is 0 Å². The average Bonchev–Trinajstić information content (AvgIpc) is 2.87. The van der Waals surface area contributed by atoms with Crippen LogP contribution in [0.4, 0.5) is 0 Å². The second-order valence-electron chi connectivity index (χ2n) is 4.16. The highest BCUT2D eigenvalue weighted by Crippen LogP contribution is 2.31. The zero-order valence-corrected chi connectivity index (χ0v) is 14.0. The van der Waals surface area contributed by atoms with E-state index in [2.05, 4.69) is 38.0 Å². The number of fused-ring (bicyclic) bond motifs is 1. The van der Waals surface area contributed by atoms with Gasteiger partial charge in [-0.25, -0.2) is 4.98 Å². The van der Waals surface area contributed by atoms with Crippen LogP contribution in [0.2, 0.25) is 0 Å². The first-order valence-electron chi connectivity index (χ1n) is 5.80. The zero-order valence-electron chi connectivity index (χ0n) is 9.98. The molecule has 0 unspecified atom stereocenters. The van der Waals surface area contributed by atoms with E-state index in [4.69, 9.17) is 12.2 Å². The van der Waals surface area contributed by atoms with E-state index in [1.165, 1.54) is 16.2 Å². The number of hydrogen-bond acceptors (Lipinski definition) is 4. The van der Waals surface area contributed by atoms with E-state index < -0.39 is 0 Å². The SMILES string of the molecule is S=c1nc(CSc2ccccc2Br)[nH]c2c1CSC2. The van der Waals surface area contributed by atoms with Crippen molar-refractivity contribution in [2.24, 2.45) is 0 Å². The molecule has 0 amide bonds. The lowest BCUT2D eigenvalue weighted by atomic mass is 10.3. The van der Waals surface area contributed by atoms with Gasteiger partial charge in [0.1, 0.15) is 10.5 Å². The van der Waals surface area contributed by atoms with Crippen LogP contribution in [0.25, 0.3) is 0 Å². The number of halogens is 1. The number of aromatic nitrogens is 2. The van der Waals surface area contributed by atoms with Crippen LogP contribution < -0.4 is 0 Å². The van der Waals surface area contributed by atoms with Crippen molar-refractivity contribution < 1.29 is 0 Å². The third-order valence-electron chi connectivity index (χ3n) is 2.85. The van der Waals surface area contributed by atoms with Gasteiger partial charge in [-0.3, -0.25) is 0 Å². The molecule has 0 saturated heterocycles. The summed E-state index contributed by atoms with van der Waals surface area (Å²) in [6.07, 6.45) is 0. The summed E-state index contributed by atoms with van der Waals surface area (Å²) in [5.74, 6) is 3.79. The van der Waals surface area contributed by atoms with Crippen LogP contribution in [0.3, 0.4) is 0 Å². The van der Waals surface area contributed by atoms with Gasteiger partial charge in [0.25, 0.3) is 0 Å². The highest BCUT2D eigenvalue weighted by molar-refractivity contribution is 9.10. The lowest BCUT2D eigenvalue weighted by Gasteiger charge is -2.06. The molecule has 1 aromatic carbocycles. The molecule has 0 bridgehead atoms. The Morgan fingerprint density at radius 1 is 1.37 bits per heavy atom. The Bertz CT molecular complexity index is 669. The summed E-state index contributed by atoms with van der Waals surface area (Å²) in [4.78, 5) is 9.14. The van der Waals surface area contributed by atoms with Crippen LogP contribution in [0.15, 0.2) is 33.6 Å². The number of rotatable bonds is 3. The third kappa shape index (κ3) is 3.07. The molecule has 6 heteroatoms. The molecular weight excluding hydrogens is 360 g/mol. The second kappa shape index (κ2) is 5.99. The molecule has 0 spiro atoms. The highest BCUT2D eigenvalue weighted by Gasteiger charge is 2.15. The Balaban J connectivity index is 1.80. The molecule has 2 heterocycles. The maximum Gasteiger partial charge on any atom is 0.134 e. The molecule has 1 aliphatic heterocycles. The number of hydrogen-bond donors (Lipinski definition) is 1. The monoisotopic (exact) mass is 370 g/mol. The minimum atomic E-state index is 0.765. The predicted octanol–water partition coefficient (Wildman–Crippen LogP) is 4.94. The number of aromatic amines is 1. The van der Waals surface area contributed by atoms with Crippen LogP contribution in [0.5, 0.6) is 0 Å². The number of H-pyrrole nitrogens is 1. The Morgan fingerprint density at radius 2 is 2.21 bits per heavy atom. The van der Waals surface area contributed by atoms with Gasteiger partial charge in [0.05, 0.1) is 5.75 Å². The van der Waals surface area contributed by atoms with Crippen molar-refractivity contribution in [1.82, 2.24) is 9.97 Å². The van der Waals surface area contributed by atoms with Crippen molar-refractivity contribution >= 4 is 51.7 Å². The van der Waals surface area contributed by atoms with Crippen molar-refractivity contribution in [2.75, 3.05) is 0 Å². The fourth-order valence-corrected chi connectivity index (χ4v) is 4.80. The van der Waals surface area contributed by atoms with Gasteiger partial charge in [-0.1, -0.05) is 24.4 Å². The lowest BCUT2D eigenvalue weighted by molar-refractivity contribution is 0.963. The normalized spacial score (nSPS) is 13.5. The lowest BCUT2D eigenvalue weighted by Crippen LogP contribution is -1.99. The standard InChI is InChI=1S/C13H11BrN2S3/c14-9-3-1-2-4-11(9)19-7-12-15-10-6-18-5-8(10)13(17)16-12/h1-4H,5-7H2,(H,15,16,17). The molecule has 1 aromatic heterocycles. The van der Waals surface area contributed by atoms with Crippen molar-refractivity contribution in [3.8, 4) is 0 Å². The molecule has 1 N–H and O–H groups in total. The van der Waals surface area contributed by atoms with E-state index in [1.807, 2.05) is 23.9 Å². The highest BCUT2D eigenvalue weighted by atomic mass is 79.9. The summed E-state index contributed by atoms with van der Waals surface area (Å²) in [5.41, 5.74) is 2.47. The maximum atomic E-state index is 5.36. The average molecular weight is 371 g/mol. The van der Waals surface area contributed by atoms with E-state index in [1.54, 1.807) is 11.8 Å². The summed E-state index contributed by atoms with van der Waals surface area (Å²) in [6.45, 7) is 0. The van der Waals surface area contributed by atoms with Gasteiger partial charge >= 0.3 is 0 Å². The van der Waals surface area contributed by atoms with E-state index in [0.29, 0.717) is 0 Å². The van der Waals surface area contributed by atoms with Crippen LogP contribution in [0, 0.1) is 4.64 Å². The summed E-state index contributed by atoms with van der Waals surface area (Å²) in [6, 6.07) is 8.22. The summed E-state index contributed by atoms with van der Waals surface area (Å²) >= 11 is 12.6. The first-order valence-corrected chi connectivity index (χ1v) is 9.14. The Kier molecular flexibility index (Phi) is 4.31. The van der Waals surface area contributed by atoms with Gasteiger partial charge in [0, 0.05) is 32.1 Å². The minimum absolute atomic E-state index is 0.765. The van der Waals surface area contributed by atoms with Gasteiger partial charge in [-0.2, -0.15) is 11.8 Å². The second-order valence-corrected chi connectivity index (χ2v) is 7.40. The molecule has 0 fully saturated rings. The molecule has 19 heavy (non-hydrogen) atoms. The number of thioether (sulfide) groups is 2. The smallest absolute Gasteiger partial charge is 0.134 e. The van der Waals surface area contributed by atoms with Crippen molar-refractivity contribution in [3.63, 3.8) is 0 Å². The fourth-order valence-electron chi connectivity index (χ4n) is 1.90. The molecule has 1 aliphatic rings. The number of benzene rings is 1. The van der Waals surface area contributed by atoms with Gasteiger partial charge in [0.15, 0.2) is 0 Å². The quantitative estimate of drug-likeness (QED) is 0.611. The molecule has 0 saturated carbocycles. The van der Waals surface area contributed by atoms with Crippen LogP contribution >= 0.6 is 51.7 Å². The molecule has 2 aromatic rings. The summed E-state index contributed by atoms with van der Waals surface area (Å²) in [7, 11) is 0. The van der Waals surface area contributed by atoms with Crippen LogP contribution in [-0.4, -0.2) is 9.97 Å². The van der Waals surface area contributed by atoms with Gasteiger partial charge in [0.2, 0.25) is 0 Å². The Hall–Kier alpha value is -0.300. The first kappa shape index (κ1) is 13.7. The third-order valence-corrected chi connectivity index (χ3v) is 6.21. The number of nitrogens with zero attached hydrogens (tertiary/aromatic N) is 1. The summed E-state index contributed by atoms with van der Waals surface area (Å²) < 4.78 is 1.89. The van der Waals surface area contributed by atoms with Crippen molar-refractivity contribution in [3.05, 3.63) is 50.5 Å². The molecular formula is C13H11BrN2S3. The zero-order chi connectivity index (χ0) is 13.2. The van der Waals surface area contributed by atoms with Crippen LogP contribution in [0.1, 0.15) is 17.1 Å². The molecule has 0 aliphatic carbocycles. The molecule has 98 valence electrons. The van der Waals surface area contributed by atoms with Gasteiger partial charge in [-0.05, 0) is 28.1 Å². The molecule has 0 radical (unpaired) electrons. The predicted molar refractivity (Wildman–Crippen MR) is 88.1 cm³/mol. The first-order chi connectivity index (χ1) is 9.24. The number of nitrogens with one attached hydrogen (secondary N) is 1. The van der Waals surface area contributed by atoms with Crippen molar-refractivity contribution in [2.45, 2.75) is 22.2 Å². The van der Waals surface area contributed by atoms with Gasteiger partial charge < -0.3 is 4.98 Å². The molecule has 2 nitrogen and oxygen atoms in total. The van der Waals surface area contributed by atoms with Crippen LogP contribution in [-0.2, 0) is 17.3 Å². The van der Waals surface area contributed by atoms with Gasteiger partial charge in [-0.15, -0.1) is 11.8 Å². The van der Waals surface area contributed by atoms with E-state index in [-0.39, 0.29) is 0 Å². The minimum Gasteiger partial charge on any atom is -0.345 e. The summed E-state index contributed by atoms with van der Waals surface area (Å²) in [5, 5.41) is 0. The fraction of sp³-hybridized carbons (Fsp3) is 0.231. The topological polar surface area (TPSA) is 28.7 Å². The van der Waals surface area contributed by atoms with E-state index in [0.717, 1.165) is 32.2 Å².